The van der Waals surface area contributed by atoms with Gasteiger partial charge in [-0.15, -0.1) is 0 Å². The normalized spacial score (nSPS) is 11.7. The van der Waals surface area contributed by atoms with Crippen LogP contribution in [0.4, 0.5) is 0 Å². The van der Waals surface area contributed by atoms with E-state index in [0.717, 1.165) is 110 Å². The molecule has 0 aliphatic heterocycles. The maximum Gasteiger partial charge on any atom is 0.164 e. The number of hydrogen-bond donors (Lipinski definition) is 0. The van der Waals surface area contributed by atoms with Gasteiger partial charge < -0.3 is 13.6 Å². The lowest BCUT2D eigenvalue weighted by atomic mass is 10.0. The van der Waals surface area contributed by atoms with Crippen molar-refractivity contribution < 1.29 is 4.42 Å². The molecule has 0 fully saturated rings. The molecule has 4 heterocycles. The average Bonchev–Trinajstić information content (AvgIpc) is 4.24. The van der Waals surface area contributed by atoms with Crippen LogP contribution in [0.3, 0.4) is 0 Å². The van der Waals surface area contributed by atoms with Crippen molar-refractivity contribution in [3.63, 3.8) is 0 Å². The Morgan fingerprint density at radius 3 is 1.05 bits per heavy atom. The second kappa shape index (κ2) is 17.3. The summed E-state index contributed by atoms with van der Waals surface area (Å²) in [5, 5.41) is 6.69. The number of benzene rings is 11. The van der Waals surface area contributed by atoms with Crippen molar-refractivity contribution in [2.24, 2.45) is 0 Å². The summed E-state index contributed by atoms with van der Waals surface area (Å²) < 4.78 is 12.1. The molecule has 0 unspecified atom stereocenters. The molecule has 0 aliphatic carbocycles. The summed E-state index contributed by atoms with van der Waals surface area (Å²) in [6.45, 7) is 0. The Balaban J connectivity index is 0.909. The van der Waals surface area contributed by atoms with Crippen molar-refractivity contribution in [1.82, 2.24) is 24.1 Å². The van der Waals surface area contributed by atoms with Gasteiger partial charge in [0.15, 0.2) is 28.6 Å². The number of para-hydroxylation sites is 2. The Bertz CT molecular complexity index is 4550. The highest BCUT2D eigenvalue weighted by molar-refractivity contribution is 6.26. The van der Waals surface area contributed by atoms with Gasteiger partial charge in [0.2, 0.25) is 0 Å². The third kappa shape index (κ3) is 7.07. The standard InChI is InChI=1S/C69H43N5O/c1-4-15-44(16-5-1)47-27-31-50(32-28-47)67-70-68(51-33-29-48(30-34-51)45-17-6-2-7-18-45)72-69(71-67)52-21-14-22-54(43-52)74-62-26-13-11-24-56(62)58-40-42-60-59-41-39-57-55-23-10-12-25-61(55)73(63(57)65(59)75-66(60)64(58)74)53-37-35-49(36-38-53)46-19-8-3-9-20-46/h1-43H. The maximum atomic E-state index is 7.40. The molecule has 0 saturated carbocycles. The van der Waals surface area contributed by atoms with Crippen LogP contribution in [-0.4, -0.2) is 24.1 Å². The van der Waals surface area contributed by atoms with E-state index in [1.54, 1.807) is 0 Å². The fraction of sp³-hybridized carbons (Fsp3) is 0. The molecule has 6 heteroatoms. The molecule has 0 N–H and O–H groups in total. The van der Waals surface area contributed by atoms with E-state index in [1.165, 1.54) is 16.5 Å². The van der Waals surface area contributed by atoms with Crippen molar-refractivity contribution in [2.45, 2.75) is 0 Å². The Morgan fingerprint density at radius 2 is 0.587 bits per heavy atom. The number of rotatable bonds is 8. The van der Waals surface area contributed by atoms with Crippen LogP contribution >= 0.6 is 0 Å². The molecular weight excluding hydrogens is 915 g/mol. The number of fused-ring (bicyclic) bond motifs is 11. The van der Waals surface area contributed by atoms with Crippen molar-refractivity contribution in [2.75, 3.05) is 0 Å². The Hall–Kier alpha value is -10.2. The van der Waals surface area contributed by atoms with Crippen molar-refractivity contribution in [1.29, 1.82) is 0 Å². The number of nitrogens with zero attached hydrogens (tertiary/aromatic N) is 5. The van der Waals surface area contributed by atoms with Crippen LogP contribution in [0.25, 0.3) is 144 Å². The predicted octanol–water partition coefficient (Wildman–Crippen LogP) is 18.0. The van der Waals surface area contributed by atoms with Crippen molar-refractivity contribution in [3.8, 4) is 78.9 Å². The zero-order valence-electron chi connectivity index (χ0n) is 40.5. The van der Waals surface area contributed by atoms with Gasteiger partial charge in [0, 0.05) is 60.4 Å². The summed E-state index contributed by atoms with van der Waals surface area (Å²) in [6, 6.07) is 92.1. The zero-order chi connectivity index (χ0) is 49.4. The summed E-state index contributed by atoms with van der Waals surface area (Å²) in [5.74, 6) is 1.78. The highest BCUT2D eigenvalue weighted by Gasteiger charge is 2.24. The van der Waals surface area contributed by atoms with Crippen LogP contribution in [0.5, 0.6) is 0 Å². The van der Waals surface area contributed by atoms with E-state index in [0.29, 0.717) is 17.5 Å². The van der Waals surface area contributed by atoms with Crippen LogP contribution in [0, 0.1) is 0 Å². The second-order valence-corrected chi connectivity index (χ2v) is 19.1. The first-order valence-electron chi connectivity index (χ1n) is 25.3. The van der Waals surface area contributed by atoms with Gasteiger partial charge in [-0.05, 0) is 81.9 Å². The van der Waals surface area contributed by atoms with E-state index in [9.17, 15) is 0 Å². The second-order valence-electron chi connectivity index (χ2n) is 19.1. The Kier molecular flexibility index (Phi) is 9.78. The Labute approximate surface area is 431 Å². The third-order valence-corrected chi connectivity index (χ3v) is 14.8. The van der Waals surface area contributed by atoms with Crippen molar-refractivity contribution in [3.05, 3.63) is 261 Å². The first-order chi connectivity index (χ1) is 37.2. The fourth-order valence-corrected chi connectivity index (χ4v) is 11.2. The molecule has 0 amide bonds. The van der Waals surface area contributed by atoms with Gasteiger partial charge in [-0.25, -0.2) is 15.0 Å². The molecule has 4 aromatic heterocycles. The molecule has 0 spiro atoms. The number of hydrogen-bond acceptors (Lipinski definition) is 4. The molecule has 0 aliphatic rings. The monoisotopic (exact) mass is 957 g/mol. The maximum absolute atomic E-state index is 7.40. The van der Waals surface area contributed by atoms with Gasteiger partial charge in [-0.3, -0.25) is 0 Å². The van der Waals surface area contributed by atoms with E-state index in [2.05, 4.69) is 258 Å². The number of aromatic nitrogens is 5. The zero-order valence-corrected chi connectivity index (χ0v) is 40.5. The molecule has 0 radical (unpaired) electrons. The van der Waals surface area contributed by atoms with Crippen molar-refractivity contribution >= 4 is 65.6 Å². The predicted molar refractivity (Wildman–Crippen MR) is 308 cm³/mol. The van der Waals surface area contributed by atoms with E-state index < -0.39 is 0 Å². The largest absolute Gasteiger partial charge is 0.452 e. The minimum Gasteiger partial charge on any atom is -0.452 e. The van der Waals surface area contributed by atoms with Crippen LogP contribution in [-0.2, 0) is 0 Å². The van der Waals surface area contributed by atoms with Gasteiger partial charge in [-0.1, -0.05) is 212 Å². The summed E-state index contributed by atoms with van der Waals surface area (Å²) in [6.07, 6.45) is 0. The highest BCUT2D eigenvalue weighted by Crippen LogP contribution is 2.45. The van der Waals surface area contributed by atoms with Gasteiger partial charge in [0.05, 0.1) is 22.1 Å². The molecule has 15 rings (SSSR count). The molecule has 6 nitrogen and oxygen atoms in total. The molecule has 15 aromatic rings. The quantitative estimate of drug-likeness (QED) is 0.152. The van der Waals surface area contributed by atoms with E-state index >= 15 is 0 Å². The summed E-state index contributed by atoms with van der Waals surface area (Å²) in [7, 11) is 0. The van der Waals surface area contributed by atoms with E-state index in [-0.39, 0.29) is 0 Å². The average molecular weight is 958 g/mol. The molecule has 0 atom stereocenters. The van der Waals surface area contributed by atoms with Crippen LogP contribution in [0.1, 0.15) is 0 Å². The molecule has 11 aromatic carbocycles. The summed E-state index contributed by atoms with van der Waals surface area (Å²) >= 11 is 0. The third-order valence-electron chi connectivity index (χ3n) is 14.8. The molecule has 0 bridgehead atoms. The van der Waals surface area contributed by atoms with Gasteiger partial charge in [0.25, 0.3) is 0 Å². The van der Waals surface area contributed by atoms with Crippen LogP contribution < -0.4 is 0 Å². The SMILES string of the molecule is c1ccc(-c2ccc(-c3nc(-c4ccc(-c5ccccc5)cc4)nc(-c4cccc(-n5c6ccccc6c6ccc7c8ccc9c%10ccccc%10n(-c%10ccc(-c%11ccccc%11)cc%10)c9c8oc7c65)c4)n3)cc2)cc1. The van der Waals surface area contributed by atoms with Crippen LogP contribution in [0.2, 0.25) is 0 Å². The summed E-state index contributed by atoms with van der Waals surface area (Å²) in [5.41, 5.74) is 17.6. The van der Waals surface area contributed by atoms with Gasteiger partial charge >= 0.3 is 0 Å². The van der Waals surface area contributed by atoms with E-state index in [4.69, 9.17) is 19.4 Å². The smallest absolute Gasteiger partial charge is 0.164 e. The lowest BCUT2D eigenvalue weighted by Crippen LogP contribution is -2.01. The van der Waals surface area contributed by atoms with Crippen LogP contribution in [0.15, 0.2) is 265 Å². The first-order valence-corrected chi connectivity index (χ1v) is 25.3. The Morgan fingerprint density at radius 1 is 0.240 bits per heavy atom. The van der Waals surface area contributed by atoms with E-state index in [1.807, 2.05) is 12.1 Å². The number of furan rings is 1. The molecular formula is C69H43N5O. The lowest BCUT2D eigenvalue weighted by molar-refractivity contribution is 0.673. The first kappa shape index (κ1) is 42.5. The van der Waals surface area contributed by atoms with Gasteiger partial charge in [-0.2, -0.15) is 0 Å². The highest BCUT2D eigenvalue weighted by atomic mass is 16.3. The molecule has 75 heavy (non-hydrogen) atoms. The fourth-order valence-electron chi connectivity index (χ4n) is 11.2. The molecule has 0 saturated heterocycles. The molecule has 350 valence electrons. The van der Waals surface area contributed by atoms with Gasteiger partial charge in [0.1, 0.15) is 0 Å². The minimum atomic E-state index is 0.581. The lowest BCUT2D eigenvalue weighted by Gasteiger charge is -2.12. The topological polar surface area (TPSA) is 61.7 Å². The summed E-state index contributed by atoms with van der Waals surface area (Å²) in [4.78, 5) is 15.6. The minimum absolute atomic E-state index is 0.581.